The van der Waals surface area contributed by atoms with Crippen LogP contribution in [0.1, 0.15) is 0 Å². The molecule has 0 unspecified atom stereocenters. The Balaban J connectivity index is 2.84. The molecular formula is C11H10ClNO3. The third-order valence-electron chi connectivity index (χ3n) is 2.34. The van der Waals surface area contributed by atoms with Gasteiger partial charge in [-0.25, -0.2) is 0 Å². The Kier molecular flexibility index (Phi) is 2.75. The van der Waals surface area contributed by atoms with E-state index in [1.807, 2.05) is 0 Å². The van der Waals surface area contributed by atoms with Crippen molar-refractivity contribution in [3.63, 3.8) is 0 Å². The number of fused-ring (bicyclic) bond motifs is 1. The minimum absolute atomic E-state index is 0.153. The summed E-state index contributed by atoms with van der Waals surface area (Å²) in [5, 5.41) is 0.630. The fourth-order valence-corrected chi connectivity index (χ4v) is 1.68. The van der Waals surface area contributed by atoms with Gasteiger partial charge in [0.2, 0.25) is 5.43 Å². The van der Waals surface area contributed by atoms with Crippen LogP contribution < -0.4 is 14.9 Å². The number of ether oxygens (including phenoxy) is 2. The summed E-state index contributed by atoms with van der Waals surface area (Å²) in [7, 11) is 3.06. The highest BCUT2D eigenvalue weighted by Gasteiger charge is 2.09. The summed E-state index contributed by atoms with van der Waals surface area (Å²) in [5.41, 5.74) is 0.434. The van der Waals surface area contributed by atoms with Gasteiger partial charge in [0, 0.05) is 12.3 Å². The zero-order valence-electron chi connectivity index (χ0n) is 8.83. The molecule has 0 bridgehead atoms. The number of aromatic amines is 1. The largest absolute Gasteiger partial charge is 0.493 e. The number of hydrogen-bond acceptors (Lipinski definition) is 3. The van der Waals surface area contributed by atoms with Gasteiger partial charge in [-0.3, -0.25) is 4.79 Å². The van der Waals surface area contributed by atoms with Crippen LogP contribution in [-0.4, -0.2) is 19.2 Å². The molecule has 1 N–H and O–H groups in total. The number of methoxy groups -OCH3 is 2. The Labute approximate surface area is 96.8 Å². The van der Waals surface area contributed by atoms with Gasteiger partial charge >= 0.3 is 0 Å². The van der Waals surface area contributed by atoms with Gasteiger partial charge in [0.05, 0.1) is 25.1 Å². The summed E-state index contributed by atoms with van der Waals surface area (Å²) in [6, 6.07) is 3.31. The molecule has 0 spiro atoms. The van der Waals surface area contributed by atoms with Gasteiger partial charge in [0.1, 0.15) is 5.02 Å². The predicted molar refractivity (Wildman–Crippen MR) is 62.7 cm³/mol. The molecule has 0 saturated carbocycles. The molecule has 2 rings (SSSR count). The number of aromatic nitrogens is 1. The number of pyridine rings is 1. The maximum atomic E-state index is 11.7. The number of benzene rings is 1. The van der Waals surface area contributed by atoms with Gasteiger partial charge in [-0.05, 0) is 6.07 Å². The van der Waals surface area contributed by atoms with Gasteiger partial charge in [-0.1, -0.05) is 11.6 Å². The zero-order valence-corrected chi connectivity index (χ0v) is 9.59. The van der Waals surface area contributed by atoms with Crippen molar-refractivity contribution in [3.8, 4) is 11.5 Å². The summed E-state index contributed by atoms with van der Waals surface area (Å²) in [5.74, 6) is 1.07. The topological polar surface area (TPSA) is 51.3 Å². The van der Waals surface area contributed by atoms with Crippen LogP contribution in [0.4, 0.5) is 0 Å². The summed E-state index contributed by atoms with van der Waals surface area (Å²) < 4.78 is 10.3. The standard InChI is InChI=1S/C11H10ClNO3/c1-15-9-3-6-8(4-10(9)16-2)13-5-7(12)11(6)14/h3-5H,1-2H3,(H,13,14). The third-order valence-corrected chi connectivity index (χ3v) is 2.62. The first kappa shape index (κ1) is 10.8. The van der Waals surface area contributed by atoms with Gasteiger partial charge in [0.15, 0.2) is 11.5 Å². The molecule has 1 aromatic heterocycles. The maximum Gasteiger partial charge on any atom is 0.208 e. The van der Waals surface area contributed by atoms with Crippen LogP contribution in [0, 0.1) is 0 Å². The fourth-order valence-electron chi connectivity index (χ4n) is 1.52. The monoisotopic (exact) mass is 239 g/mol. The first-order valence-corrected chi connectivity index (χ1v) is 4.98. The maximum absolute atomic E-state index is 11.7. The molecule has 1 heterocycles. The molecule has 0 amide bonds. The highest BCUT2D eigenvalue weighted by atomic mass is 35.5. The quantitative estimate of drug-likeness (QED) is 0.874. The van der Waals surface area contributed by atoms with E-state index >= 15 is 0 Å². The zero-order chi connectivity index (χ0) is 11.7. The van der Waals surface area contributed by atoms with Crippen molar-refractivity contribution in [3.05, 3.63) is 33.6 Å². The van der Waals surface area contributed by atoms with Crippen molar-refractivity contribution in [2.24, 2.45) is 0 Å². The number of nitrogens with one attached hydrogen (secondary N) is 1. The van der Waals surface area contributed by atoms with E-state index in [4.69, 9.17) is 21.1 Å². The van der Waals surface area contributed by atoms with Gasteiger partial charge in [0.25, 0.3) is 0 Å². The third kappa shape index (κ3) is 1.61. The molecule has 0 fully saturated rings. The number of rotatable bonds is 2. The second-order valence-electron chi connectivity index (χ2n) is 3.22. The lowest BCUT2D eigenvalue weighted by molar-refractivity contribution is 0.356. The van der Waals surface area contributed by atoms with Crippen LogP contribution in [0.5, 0.6) is 11.5 Å². The van der Waals surface area contributed by atoms with E-state index in [1.165, 1.54) is 20.4 Å². The molecule has 1 aromatic carbocycles. The van der Waals surface area contributed by atoms with Crippen molar-refractivity contribution < 1.29 is 9.47 Å². The molecule has 16 heavy (non-hydrogen) atoms. The lowest BCUT2D eigenvalue weighted by Gasteiger charge is -2.08. The Morgan fingerprint density at radius 1 is 1.19 bits per heavy atom. The van der Waals surface area contributed by atoms with Crippen molar-refractivity contribution in [2.45, 2.75) is 0 Å². The van der Waals surface area contributed by atoms with E-state index in [1.54, 1.807) is 12.1 Å². The minimum Gasteiger partial charge on any atom is -0.493 e. The Morgan fingerprint density at radius 2 is 1.81 bits per heavy atom. The molecular weight excluding hydrogens is 230 g/mol. The van der Waals surface area contributed by atoms with E-state index in [9.17, 15) is 4.79 Å². The normalized spacial score (nSPS) is 10.4. The van der Waals surface area contributed by atoms with Crippen LogP contribution in [-0.2, 0) is 0 Å². The molecule has 0 atom stereocenters. The average Bonchev–Trinajstić information content (AvgIpc) is 2.32. The van der Waals surface area contributed by atoms with E-state index in [2.05, 4.69) is 4.98 Å². The molecule has 0 saturated heterocycles. The average molecular weight is 240 g/mol. The van der Waals surface area contributed by atoms with Gasteiger partial charge < -0.3 is 14.5 Å². The van der Waals surface area contributed by atoms with Crippen molar-refractivity contribution in [1.82, 2.24) is 4.98 Å². The lowest BCUT2D eigenvalue weighted by Crippen LogP contribution is -2.04. The van der Waals surface area contributed by atoms with Crippen molar-refractivity contribution >= 4 is 22.5 Å². The van der Waals surface area contributed by atoms with E-state index in [0.29, 0.717) is 22.4 Å². The summed E-state index contributed by atoms with van der Waals surface area (Å²) in [6.45, 7) is 0. The lowest BCUT2D eigenvalue weighted by atomic mass is 10.2. The molecule has 0 aliphatic rings. The first-order chi connectivity index (χ1) is 7.67. The number of H-pyrrole nitrogens is 1. The minimum atomic E-state index is -0.226. The molecule has 4 nitrogen and oxygen atoms in total. The highest BCUT2D eigenvalue weighted by molar-refractivity contribution is 6.31. The van der Waals surface area contributed by atoms with Crippen molar-refractivity contribution in [2.75, 3.05) is 14.2 Å². The molecule has 2 aromatic rings. The summed E-state index contributed by atoms with van der Waals surface area (Å²) in [4.78, 5) is 14.7. The Morgan fingerprint density at radius 3 is 2.44 bits per heavy atom. The van der Waals surface area contributed by atoms with Crippen LogP contribution in [0.15, 0.2) is 23.1 Å². The van der Waals surface area contributed by atoms with Gasteiger partial charge in [-0.15, -0.1) is 0 Å². The van der Waals surface area contributed by atoms with Crippen LogP contribution >= 0.6 is 11.6 Å². The molecule has 84 valence electrons. The second kappa shape index (κ2) is 4.06. The smallest absolute Gasteiger partial charge is 0.208 e. The van der Waals surface area contributed by atoms with Crippen LogP contribution in [0.3, 0.4) is 0 Å². The van der Waals surface area contributed by atoms with Crippen molar-refractivity contribution in [1.29, 1.82) is 0 Å². The Bertz CT molecular complexity index is 592. The molecule has 0 aliphatic heterocycles. The highest BCUT2D eigenvalue weighted by Crippen LogP contribution is 2.30. The Hall–Kier alpha value is -1.68. The SMILES string of the molecule is COc1cc2[nH]cc(Cl)c(=O)c2cc1OC. The summed E-state index contributed by atoms with van der Waals surface area (Å²) in [6.07, 6.45) is 1.46. The van der Waals surface area contributed by atoms with E-state index in [0.717, 1.165) is 0 Å². The fraction of sp³-hybridized carbons (Fsp3) is 0.182. The number of halogens is 1. The predicted octanol–water partition coefficient (Wildman–Crippen LogP) is 2.20. The van der Waals surface area contributed by atoms with E-state index in [-0.39, 0.29) is 10.5 Å². The summed E-state index contributed by atoms with van der Waals surface area (Å²) >= 11 is 5.74. The van der Waals surface area contributed by atoms with E-state index < -0.39 is 0 Å². The second-order valence-corrected chi connectivity index (χ2v) is 3.63. The van der Waals surface area contributed by atoms with Crippen LogP contribution in [0.2, 0.25) is 5.02 Å². The number of hydrogen-bond donors (Lipinski definition) is 1. The molecule has 5 heteroatoms. The van der Waals surface area contributed by atoms with Gasteiger partial charge in [-0.2, -0.15) is 0 Å². The molecule has 0 radical (unpaired) electrons. The first-order valence-electron chi connectivity index (χ1n) is 4.60. The van der Waals surface area contributed by atoms with Crippen LogP contribution in [0.25, 0.3) is 10.9 Å². The molecule has 0 aliphatic carbocycles.